The first kappa shape index (κ1) is 13.4. The zero-order valence-electron chi connectivity index (χ0n) is 11.6. The second-order valence-corrected chi connectivity index (χ2v) is 5.92. The maximum atomic E-state index is 12.4. The van der Waals surface area contributed by atoms with Crippen LogP contribution in [-0.4, -0.2) is 30.8 Å². The number of carbonyl (C=O) groups is 1. The smallest absolute Gasteiger partial charge is 0.227 e. The van der Waals surface area contributed by atoms with Gasteiger partial charge in [-0.3, -0.25) is 4.79 Å². The van der Waals surface area contributed by atoms with Crippen LogP contribution < -0.4 is 10.1 Å². The number of aliphatic hydroxyl groups excluding tert-OH is 1. The largest absolute Gasteiger partial charge is 0.493 e. The van der Waals surface area contributed by atoms with Crippen LogP contribution in [0.2, 0.25) is 0 Å². The van der Waals surface area contributed by atoms with Crippen LogP contribution in [0.5, 0.6) is 5.75 Å². The van der Waals surface area contributed by atoms with Gasteiger partial charge in [0.15, 0.2) is 0 Å². The molecule has 0 bridgehead atoms. The van der Waals surface area contributed by atoms with Crippen LogP contribution in [0.4, 0.5) is 0 Å². The fourth-order valence-electron chi connectivity index (χ4n) is 2.94. The van der Waals surface area contributed by atoms with Crippen LogP contribution in [0.3, 0.4) is 0 Å². The summed E-state index contributed by atoms with van der Waals surface area (Å²) in [4.78, 5) is 12.4. The van der Waals surface area contributed by atoms with Crippen molar-refractivity contribution in [1.29, 1.82) is 0 Å². The Bertz CT molecular complexity index is 496. The fraction of sp³-hybridized carbons (Fsp3) is 0.562. The third-order valence-electron chi connectivity index (χ3n) is 4.51. The summed E-state index contributed by atoms with van der Waals surface area (Å²) in [5.41, 5.74) is 1.15. The fourth-order valence-corrected chi connectivity index (χ4v) is 2.94. The van der Waals surface area contributed by atoms with E-state index in [0.717, 1.165) is 37.0 Å². The lowest BCUT2D eigenvalue weighted by Gasteiger charge is -2.26. The Balaban J connectivity index is 1.64. The van der Waals surface area contributed by atoms with Gasteiger partial charge in [-0.2, -0.15) is 0 Å². The minimum Gasteiger partial charge on any atom is -0.493 e. The van der Waals surface area contributed by atoms with E-state index in [0.29, 0.717) is 13.2 Å². The summed E-state index contributed by atoms with van der Waals surface area (Å²) in [6.07, 6.45) is 3.74. The number of para-hydroxylation sites is 1. The normalized spacial score (nSPS) is 22.6. The molecule has 1 saturated carbocycles. The Morgan fingerprint density at radius 1 is 1.40 bits per heavy atom. The lowest BCUT2D eigenvalue weighted by Crippen LogP contribution is -2.36. The van der Waals surface area contributed by atoms with Crippen molar-refractivity contribution < 1.29 is 14.6 Å². The number of fused-ring (bicyclic) bond motifs is 1. The first-order chi connectivity index (χ1) is 9.74. The molecule has 1 aromatic rings. The van der Waals surface area contributed by atoms with Crippen LogP contribution in [0.15, 0.2) is 24.3 Å². The Hall–Kier alpha value is -1.55. The molecule has 0 saturated heterocycles. The molecule has 108 valence electrons. The maximum absolute atomic E-state index is 12.4. The van der Waals surface area contributed by atoms with E-state index in [2.05, 4.69) is 5.32 Å². The molecular weight excluding hydrogens is 254 g/mol. The number of aliphatic hydroxyl groups is 1. The van der Waals surface area contributed by atoms with Gasteiger partial charge < -0.3 is 15.2 Å². The average Bonchev–Trinajstić information content (AvgIpc) is 3.25. The molecule has 4 nitrogen and oxygen atoms in total. The van der Waals surface area contributed by atoms with Gasteiger partial charge >= 0.3 is 0 Å². The Kier molecular flexibility index (Phi) is 3.66. The summed E-state index contributed by atoms with van der Waals surface area (Å²) < 4.78 is 5.59. The van der Waals surface area contributed by atoms with Gasteiger partial charge in [0, 0.05) is 18.7 Å². The van der Waals surface area contributed by atoms with Crippen LogP contribution >= 0.6 is 0 Å². The van der Waals surface area contributed by atoms with Crippen molar-refractivity contribution in [3.05, 3.63) is 29.8 Å². The van der Waals surface area contributed by atoms with E-state index in [4.69, 9.17) is 9.84 Å². The van der Waals surface area contributed by atoms with Gasteiger partial charge in [-0.1, -0.05) is 18.2 Å². The predicted molar refractivity (Wildman–Crippen MR) is 75.7 cm³/mol. The molecular formula is C16H21NO3. The topological polar surface area (TPSA) is 58.6 Å². The number of rotatable bonds is 5. The summed E-state index contributed by atoms with van der Waals surface area (Å²) in [5, 5.41) is 12.1. The van der Waals surface area contributed by atoms with Crippen LogP contribution in [0, 0.1) is 5.41 Å². The number of amides is 1. The molecule has 1 aliphatic heterocycles. The highest BCUT2D eigenvalue weighted by molar-refractivity contribution is 5.84. The van der Waals surface area contributed by atoms with E-state index in [1.54, 1.807) is 0 Å². The molecule has 4 heteroatoms. The van der Waals surface area contributed by atoms with Gasteiger partial charge in [-0.25, -0.2) is 0 Å². The van der Waals surface area contributed by atoms with Gasteiger partial charge in [0.25, 0.3) is 0 Å². The van der Waals surface area contributed by atoms with Crippen LogP contribution in [-0.2, 0) is 4.79 Å². The molecule has 1 unspecified atom stereocenters. The van der Waals surface area contributed by atoms with Crippen LogP contribution in [0.1, 0.15) is 37.2 Å². The third-order valence-corrected chi connectivity index (χ3v) is 4.51. The summed E-state index contributed by atoms with van der Waals surface area (Å²) in [6.45, 7) is 1.48. The summed E-state index contributed by atoms with van der Waals surface area (Å²) >= 11 is 0. The van der Waals surface area contributed by atoms with Crippen molar-refractivity contribution in [2.24, 2.45) is 5.41 Å². The van der Waals surface area contributed by atoms with Gasteiger partial charge in [0.1, 0.15) is 5.75 Å². The number of benzene rings is 1. The molecule has 1 aromatic carbocycles. The second kappa shape index (κ2) is 5.44. The van der Waals surface area contributed by atoms with Gasteiger partial charge in [-0.15, -0.1) is 0 Å². The third kappa shape index (κ3) is 2.66. The monoisotopic (exact) mass is 275 g/mol. The second-order valence-electron chi connectivity index (χ2n) is 5.92. The molecule has 2 N–H and O–H groups in total. The minimum absolute atomic E-state index is 0.0879. The van der Waals surface area contributed by atoms with Crippen molar-refractivity contribution >= 4 is 5.91 Å². The molecule has 0 spiro atoms. The molecule has 1 atom stereocenters. The van der Waals surface area contributed by atoms with Crippen LogP contribution in [0.25, 0.3) is 0 Å². The molecule has 1 fully saturated rings. The molecule has 2 aliphatic rings. The van der Waals surface area contributed by atoms with E-state index < -0.39 is 0 Å². The summed E-state index contributed by atoms with van der Waals surface area (Å²) in [6, 6.07) is 7.77. The summed E-state index contributed by atoms with van der Waals surface area (Å²) in [5.74, 6) is 0.810. The van der Waals surface area contributed by atoms with Gasteiger partial charge in [0.05, 0.1) is 12.5 Å². The predicted octanol–water partition coefficient (Wildman–Crippen LogP) is 1.83. The maximum Gasteiger partial charge on any atom is 0.227 e. The highest BCUT2D eigenvalue weighted by atomic mass is 16.5. The van der Waals surface area contributed by atoms with E-state index in [-0.39, 0.29) is 23.8 Å². The van der Waals surface area contributed by atoms with Crippen molar-refractivity contribution in [1.82, 2.24) is 5.32 Å². The van der Waals surface area contributed by atoms with Gasteiger partial charge in [0.2, 0.25) is 5.91 Å². The van der Waals surface area contributed by atoms with E-state index in [1.165, 1.54) is 0 Å². The van der Waals surface area contributed by atoms with Crippen molar-refractivity contribution in [3.63, 3.8) is 0 Å². The summed E-state index contributed by atoms with van der Waals surface area (Å²) in [7, 11) is 0. The van der Waals surface area contributed by atoms with E-state index in [1.807, 2.05) is 24.3 Å². The molecule has 0 radical (unpaired) electrons. The van der Waals surface area contributed by atoms with E-state index in [9.17, 15) is 4.79 Å². The number of hydrogen-bond donors (Lipinski definition) is 2. The highest BCUT2D eigenvalue weighted by Gasteiger charge is 2.42. The lowest BCUT2D eigenvalue weighted by atomic mass is 9.92. The number of carbonyl (C=O) groups excluding carboxylic acids is 1. The van der Waals surface area contributed by atoms with Crippen molar-refractivity contribution in [3.8, 4) is 5.75 Å². The molecule has 1 aliphatic carbocycles. The number of hydrogen-bond acceptors (Lipinski definition) is 3. The Labute approximate surface area is 119 Å². The number of nitrogens with one attached hydrogen (secondary N) is 1. The molecule has 1 heterocycles. The van der Waals surface area contributed by atoms with Crippen molar-refractivity contribution in [2.45, 2.75) is 31.6 Å². The molecule has 0 aromatic heterocycles. The Morgan fingerprint density at radius 2 is 2.20 bits per heavy atom. The molecule has 3 rings (SSSR count). The van der Waals surface area contributed by atoms with Crippen molar-refractivity contribution in [2.75, 3.05) is 19.8 Å². The first-order valence-corrected chi connectivity index (χ1v) is 7.34. The van der Waals surface area contributed by atoms with E-state index >= 15 is 0 Å². The number of ether oxygens (including phenoxy) is 1. The minimum atomic E-state index is -0.107. The highest BCUT2D eigenvalue weighted by Crippen LogP contribution is 2.48. The Morgan fingerprint density at radius 3 is 2.95 bits per heavy atom. The molecule has 20 heavy (non-hydrogen) atoms. The lowest BCUT2D eigenvalue weighted by molar-refractivity contribution is -0.123. The SMILES string of the molecule is O=C(NCC1(CCO)CC1)C1CCOc2ccccc21. The zero-order chi connectivity index (χ0) is 14.0. The standard InChI is InChI=1S/C16H21NO3/c18-9-8-16(6-7-16)11-17-15(19)13-5-10-20-14-4-2-1-3-12(13)14/h1-4,13,18H,5-11H2,(H,17,19). The zero-order valence-corrected chi connectivity index (χ0v) is 11.6. The first-order valence-electron chi connectivity index (χ1n) is 7.34. The van der Waals surface area contributed by atoms with Gasteiger partial charge in [-0.05, 0) is 37.2 Å². The average molecular weight is 275 g/mol. The quantitative estimate of drug-likeness (QED) is 0.862. The molecule has 1 amide bonds.